The maximum absolute atomic E-state index is 14.3. The molecule has 3 fully saturated rings. The molecule has 27 heteroatoms. The van der Waals surface area contributed by atoms with E-state index in [9.17, 15) is 51.8 Å². The Labute approximate surface area is 694 Å². The first-order chi connectivity index (χ1) is 53.6. The molecular weight excluding hydrogens is 1560 g/mol. The zero-order valence-corrected chi connectivity index (χ0v) is 71.1. The van der Waals surface area contributed by atoms with Crippen molar-refractivity contribution in [2.24, 2.45) is 49.7 Å². The number of carbonyl (C=O) groups is 7. The Balaban J connectivity index is 0.000000220. The molecule has 6 N–H and O–H groups in total. The summed E-state index contributed by atoms with van der Waals surface area (Å²) in [6.45, 7) is 28.0. The van der Waals surface area contributed by atoms with Crippen LogP contribution in [0.25, 0.3) is 0 Å². The first-order valence-electron chi connectivity index (χ1n) is 39.0. The van der Waals surface area contributed by atoms with Gasteiger partial charge in [-0.3, -0.25) is 34.0 Å². The molecule has 115 heavy (non-hydrogen) atoms. The summed E-state index contributed by atoms with van der Waals surface area (Å²) in [4.78, 5) is 98.7. The smallest absolute Gasteiger partial charge is 0.337 e. The second kappa shape index (κ2) is 40.3. The van der Waals surface area contributed by atoms with Gasteiger partial charge in [0.1, 0.15) is 46.0 Å². The van der Waals surface area contributed by atoms with Crippen LogP contribution in [0.2, 0.25) is 15.1 Å². The van der Waals surface area contributed by atoms with Crippen LogP contribution in [0, 0.1) is 51.5 Å². The topological polar surface area (TPSA) is 293 Å². The van der Waals surface area contributed by atoms with Crippen molar-refractivity contribution < 1.29 is 61.7 Å². The highest BCUT2D eigenvalue weighted by molar-refractivity contribution is 6.48. The normalized spacial score (nSPS) is 19.9. The highest BCUT2D eigenvalue weighted by Crippen LogP contribution is 2.52. The van der Waals surface area contributed by atoms with Crippen molar-refractivity contribution in [3.05, 3.63) is 216 Å². The molecule has 1 unspecified atom stereocenters. The van der Waals surface area contributed by atoms with Crippen LogP contribution in [-0.4, -0.2) is 112 Å². The number of Topliss-reactive ketones (excluding diaryl/α,β-unsaturated/α-hetero) is 1. The Kier molecular flexibility index (Phi) is 32.7. The minimum atomic E-state index is -0.998. The first kappa shape index (κ1) is 93.3. The van der Waals surface area contributed by atoms with Crippen LogP contribution in [-0.2, 0) is 30.5 Å². The molecule has 3 amide bonds. The number of amides is 3. The van der Waals surface area contributed by atoms with Crippen LogP contribution in [0.15, 0.2) is 137 Å². The standard InChI is InChI=1S/C30H35ClFN7O2.C28H32ClFN2O3.C11H15NO2.C10H18O.C9H8ClFO2.ClH/c1-5-24(18-6-8-19(9-7-18)27(40)33-17-25-35-37-38-36-25)39-28(41)26(20-14-22(31)16-23(32)15-20)34-30(39)12-10-21(11-13-30)29(2,3)4;1-5-23(17-6-8-18(9-7-17)26(34)35)32-25(33)24(19-14-21(29)16-22(30)15-19)31-28(32)12-10-20(11-13-28)27(2,3)4;1-3-10(12)8-4-6-9(7-5-8)11(13)14-2;1-10(2,3)8-4-6-9(11)7-5-8;1-5(9(12)13)6-2-7(10)4-8(11)3-6;/h6-9,14-16,21,24H,5,10-13,17H2,1-4H3,(H,33,40)(H,35,36,37,38);6-9,14-16,20,23H,5,10-13H2,1-4H3,(H,34,35);4-7,10H,3,12H2,1-2H3;8H,4-7H2,1-3H3;2-5H,1H3,(H,12,13);1H/t21?,24-,30?;20?,23-,28?;10-;;;/m111.../s1. The number of carbonyl (C=O) groups excluding carboxylic acids is 5. The number of methoxy groups -OCH3 is 1. The molecule has 0 bridgehead atoms. The SMILES string of the molecule is CC(C(=O)O)c1cc(F)cc(Cl)c1.CC(C)(C)C1CCC(=O)CC1.CC[C@@H](N)c1ccc(C(=O)OC)cc1.CC[C@H](c1ccc(C(=O)NCc2nn[nH]n2)cc1)N1C(=O)C(c2cc(F)cc(Cl)c2)=NC12CCC(C(C)(C)C)CC2.CC[C@H](c1ccc(C(=O)O)cc1)N1C(=O)C(c2cc(F)cc(Cl)c2)=NC12CCC(C(C)(C)C)CC2.Cl. The van der Waals surface area contributed by atoms with Crippen molar-refractivity contribution in [3.63, 3.8) is 0 Å². The lowest BCUT2D eigenvalue weighted by molar-refractivity contribution is -0.138. The van der Waals surface area contributed by atoms with Gasteiger partial charge in [-0.2, -0.15) is 5.21 Å². The fourth-order valence-electron chi connectivity index (χ4n) is 15.8. The quantitative estimate of drug-likeness (QED) is 0.0530. The van der Waals surface area contributed by atoms with Gasteiger partial charge in [0.15, 0.2) is 5.82 Å². The van der Waals surface area contributed by atoms with Gasteiger partial charge in [0, 0.05) is 50.6 Å². The molecule has 620 valence electrons. The van der Waals surface area contributed by atoms with Crippen LogP contribution in [0.5, 0.6) is 0 Å². The molecule has 7 aromatic rings. The van der Waals surface area contributed by atoms with Crippen molar-refractivity contribution in [1.82, 2.24) is 35.7 Å². The van der Waals surface area contributed by atoms with Crippen LogP contribution < -0.4 is 11.1 Å². The number of hydrogen-bond acceptors (Lipinski definition) is 14. The van der Waals surface area contributed by atoms with Crippen LogP contribution >= 0.6 is 47.2 Å². The predicted molar refractivity (Wildman–Crippen MR) is 445 cm³/mol. The summed E-state index contributed by atoms with van der Waals surface area (Å²) in [6.07, 6.45) is 12.7. The van der Waals surface area contributed by atoms with Gasteiger partial charge in [0.2, 0.25) is 0 Å². The average molecular weight is 1670 g/mol. The van der Waals surface area contributed by atoms with Gasteiger partial charge in [0.25, 0.3) is 17.7 Å². The van der Waals surface area contributed by atoms with E-state index in [-0.39, 0.29) is 104 Å². The van der Waals surface area contributed by atoms with E-state index in [4.69, 9.17) is 55.6 Å². The summed E-state index contributed by atoms with van der Waals surface area (Å²) in [5, 5.41) is 34.9. The second-order valence-electron chi connectivity index (χ2n) is 33.3. The van der Waals surface area contributed by atoms with Gasteiger partial charge in [-0.1, -0.05) is 159 Å². The van der Waals surface area contributed by atoms with Crippen LogP contribution in [0.4, 0.5) is 13.2 Å². The zero-order chi connectivity index (χ0) is 83.9. The molecule has 4 atom stereocenters. The molecule has 3 saturated carbocycles. The van der Waals surface area contributed by atoms with Gasteiger partial charge < -0.3 is 35.8 Å². The van der Waals surface area contributed by atoms with Gasteiger partial charge in [-0.25, -0.2) is 22.8 Å². The molecule has 5 aliphatic rings. The zero-order valence-electron chi connectivity index (χ0n) is 68.0. The third-order valence-corrected chi connectivity index (χ3v) is 23.3. The number of aromatic carboxylic acids is 1. The molecule has 3 aliphatic carbocycles. The lowest BCUT2D eigenvalue weighted by Gasteiger charge is -2.47. The number of aliphatic imine (C=N–C) groups is 2. The summed E-state index contributed by atoms with van der Waals surface area (Å²) in [5.74, 6) is -2.68. The number of aromatic amines is 1. The Morgan fingerprint density at radius 3 is 1.31 bits per heavy atom. The Morgan fingerprint density at radius 1 is 0.565 bits per heavy atom. The number of H-pyrrole nitrogens is 1. The molecular formula is C88H109Cl4F3N10O10. The second-order valence-corrected chi connectivity index (χ2v) is 34.6. The number of ether oxygens (including phenoxy) is 1. The number of benzene rings is 6. The summed E-state index contributed by atoms with van der Waals surface area (Å²) < 4.78 is 45.9. The van der Waals surface area contributed by atoms with E-state index in [0.29, 0.717) is 69.5 Å². The molecule has 0 radical (unpaired) electrons. The first-order valence-corrected chi connectivity index (χ1v) is 40.2. The third kappa shape index (κ3) is 24.2. The summed E-state index contributed by atoms with van der Waals surface area (Å²) in [7, 11) is 1.37. The maximum Gasteiger partial charge on any atom is 0.337 e. The number of rotatable bonds is 17. The fraction of sp³-hybridized carbons (Fsp3) is 0.477. The molecule has 2 spiro atoms. The van der Waals surface area contributed by atoms with Gasteiger partial charge in [-0.15, -0.1) is 22.6 Å². The number of hydrogen-bond donors (Lipinski definition) is 5. The maximum atomic E-state index is 14.3. The van der Waals surface area contributed by atoms with E-state index in [1.807, 2.05) is 54.8 Å². The number of halogens is 7. The molecule has 2 aliphatic heterocycles. The lowest BCUT2D eigenvalue weighted by Crippen LogP contribution is -2.51. The Bertz CT molecular complexity index is 4520. The molecule has 12 rings (SSSR count). The van der Waals surface area contributed by atoms with Crippen molar-refractivity contribution in [2.45, 2.75) is 228 Å². The van der Waals surface area contributed by atoms with Gasteiger partial charge in [-0.05, 0) is 238 Å². The average Bonchev–Trinajstić information content (AvgIpc) is 1.59. The van der Waals surface area contributed by atoms with Gasteiger partial charge in [0.05, 0.1) is 42.8 Å². The number of carboxylic acids is 2. The minimum Gasteiger partial charge on any atom is -0.481 e. The largest absolute Gasteiger partial charge is 0.481 e. The van der Waals surface area contributed by atoms with E-state index in [1.165, 1.54) is 50.4 Å². The summed E-state index contributed by atoms with van der Waals surface area (Å²) in [6, 6.07) is 32.6. The van der Waals surface area contributed by atoms with Crippen LogP contribution in [0.1, 0.15) is 281 Å². The van der Waals surface area contributed by atoms with Crippen molar-refractivity contribution in [1.29, 1.82) is 0 Å². The summed E-state index contributed by atoms with van der Waals surface area (Å²) in [5.41, 5.74) is 10.8. The molecule has 1 aromatic heterocycles. The number of carboxylic acid groups (broad SMARTS) is 2. The number of aromatic nitrogens is 4. The lowest BCUT2D eigenvalue weighted by atomic mass is 9.69. The van der Waals surface area contributed by atoms with E-state index >= 15 is 0 Å². The number of nitrogens with one attached hydrogen (secondary N) is 2. The minimum absolute atomic E-state index is 0. The Morgan fingerprint density at radius 2 is 0.957 bits per heavy atom. The molecule has 0 saturated heterocycles. The molecule has 3 heterocycles. The third-order valence-electron chi connectivity index (χ3n) is 22.7. The number of aliphatic carboxylic acids is 1. The predicted octanol–water partition coefficient (Wildman–Crippen LogP) is 20.3. The highest BCUT2D eigenvalue weighted by Gasteiger charge is 2.54. The van der Waals surface area contributed by atoms with E-state index < -0.39 is 46.6 Å². The van der Waals surface area contributed by atoms with E-state index in [0.717, 1.165) is 112 Å². The number of tetrazole rings is 1. The highest BCUT2D eigenvalue weighted by atomic mass is 35.5. The summed E-state index contributed by atoms with van der Waals surface area (Å²) >= 11 is 17.9. The molecule has 6 aromatic carbocycles. The van der Waals surface area contributed by atoms with Crippen molar-refractivity contribution >= 4 is 100 Å². The van der Waals surface area contributed by atoms with Crippen molar-refractivity contribution in [3.8, 4) is 0 Å². The van der Waals surface area contributed by atoms with Crippen LogP contribution in [0.3, 0.4) is 0 Å². The van der Waals surface area contributed by atoms with Gasteiger partial charge >= 0.3 is 17.9 Å². The van der Waals surface area contributed by atoms with E-state index in [1.54, 1.807) is 60.7 Å². The monoisotopic (exact) mass is 1660 g/mol. The van der Waals surface area contributed by atoms with Crippen molar-refractivity contribution in [2.75, 3.05) is 7.11 Å². The Hall–Kier alpha value is -8.87. The molecule has 20 nitrogen and oxygen atoms in total. The number of nitrogens with two attached hydrogens (primary N) is 1. The number of ketones is 1. The number of esters is 1. The fourth-order valence-corrected chi connectivity index (χ4v) is 16.5. The van der Waals surface area contributed by atoms with E-state index in [2.05, 4.69) is 93.0 Å². The number of nitrogens with zero attached hydrogens (tertiary/aromatic N) is 7.